The molecule has 2 heterocycles. The number of hydrogen-bond donors (Lipinski definition) is 1. The molecule has 6 heteroatoms. The molecular formula is C20H18N2O3S. The van der Waals surface area contributed by atoms with Gasteiger partial charge in [0.2, 0.25) is 5.91 Å². The van der Waals surface area contributed by atoms with Gasteiger partial charge >= 0.3 is 0 Å². The van der Waals surface area contributed by atoms with Gasteiger partial charge < -0.3 is 14.8 Å². The lowest BCUT2D eigenvalue weighted by atomic mass is 9.88. The van der Waals surface area contributed by atoms with Crippen LogP contribution in [0.1, 0.15) is 22.8 Å². The maximum atomic E-state index is 12.4. The Balaban J connectivity index is 1.85. The van der Waals surface area contributed by atoms with Crippen LogP contribution in [-0.4, -0.2) is 24.5 Å². The molecule has 1 aliphatic heterocycles. The second kappa shape index (κ2) is 6.80. The van der Waals surface area contributed by atoms with Crippen LogP contribution in [0.25, 0.3) is 11.3 Å². The third-order valence-electron chi connectivity index (χ3n) is 4.54. The van der Waals surface area contributed by atoms with Crippen LogP contribution in [0.3, 0.4) is 0 Å². The molecule has 0 saturated carbocycles. The summed E-state index contributed by atoms with van der Waals surface area (Å²) in [5, 5.41) is 3.01. The van der Waals surface area contributed by atoms with E-state index in [9.17, 15) is 4.79 Å². The van der Waals surface area contributed by atoms with E-state index in [0.717, 1.165) is 27.4 Å². The maximum absolute atomic E-state index is 12.4. The van der Waals surface area contributed by atoms with Crippen molar-refractivity contribution >= 4 is 23.1 Å². The first kappa shape index (κ1) is 16.6. The largest absolute Gasteiger partial charge is 0.493 e. The molecule has 0 aliphatic carbocycles. The number of anilines is 1. The van der Waals surface area contributed by atoms with Crippen LogP contribution < -0.4 is 14.8 Å². The molecule has 1 atom stereocenters. The first-order chi connectivity index (χ1) is 12.7. The molecule has 1 aromatic heterocycles. The third kappa shape index (κ3) is 2.72. The van der Waals surface area contributed by atoms with Crippen molar-refractivity contribution in [2.45, 2.75) is 12.3 Å². The molecular weight excluding hydrogens is 348 g/mol. The zero-order valence-corrected chi connectivity index (χ0v) is 15.3. The van der Waals surface area contributed by atoms with E-state index >= 15 is 0 Å². The van der Waals surface area contributed by atoms with Gasteiger partial charge in [-0.05, 0) is 17.6 Å². The van der Waals surface area contributed by atoms with E-state index in [0.29, 0.717) is 17.9 Å². The van der Waals surface area contributed by atoms with Crippen LogP contribution in [-0.2, 0) is 4.79 Å². The third-order valence-corrected chi connectivity index (χ3v) is 5.50. The smallest absolute Gasteiger partial charge is 0.225 e. The molecule has 0 bridgehead atoms. The van der Waals surface area contributed by atoms with Crippen LogP contribution in [0.4, 0.5) is 5.69 Å². The van der Waals surface area contributed by atoms with E-state index in [1.807, 2.05) is 48.5 Å². The lowest BCUT2D eigenvalue weighted by molar-refractivity contribution is -0.116. The Labute approximate surface area is 155 Å². The van der Waals surface area contributed by atoms with Gasteiger partial charge in [-0.1, -0.05) is 42.5 Å². The number of hydrogen-bond acceptors (Lipinski definition) is 5. The van der Waals surface area contributed by atoms with E-state index in [-0.39, 0.29) is 11.8 Å². The number of aromatic nitrogens is 1. The molecule has 0 radical (unpaired) electrons. The van der Waals surface area contributed by atoms with Gasteiger partial charge in [0.1, 0.15) is 5.69 Å². The van der Waals surface area contributed by atoms with Crippen molar-refractivity contribution in [2.24, 2.45) is 0 Å². The average Bonchev–Trinajstić information content (AvgIpc) is 3.11. The van der Waals surface area contributed by atoms with Crippen molar-refractivity contribution in [2.75, 3.05) is 19.5 Å². The van der Waals surface area contributed by atoms with E-state index in [2.05, 4.69) is 9.69 Å². The highest BCUT2D eigenvalue weighted by Gasteiger charge is 2.33. The van der Waals surface area contributed by atoms with E-state index in [4.69, 9.17) is 9.47 Å². The molecule has 1 aliphatic rings. The monoisotopic (exact) mass is 366 g/mol. The summed E-state index contributed by atoms with van der Waals surface area (Å²) in [6.45, 7) is 0. The first-order valence-corrected chi connectivity index (χ1v) is 9.06. The maximum Gasteiger partial charge on any atom is 0.225 e. The van der Waals surface area contributed by atoms with Crippen molar-refractivity contribution in [1.29, 1.82) is 0 Å². The molecule has 2 aromatic carbocycles. The van der Waals surface area contributed by atoms with E-state index in [1.54, 1.807) is 14.2 Å². The number of benzene rings is 2. The Bertz CT molecular complexity index is 953. The van der Waals surface area contributed by atoms with E-state index < -0.39 is 0 Å². The van der Waals surface area contributed by atoms with Gasteiger partial charge in [-0.3, -0.25) is 4.79 Å². The second-order valence-corrected chi connectivity index (χ2v) is 6.83. The molecule has 1 N–H and O–H groups in total. The summed E-state index contributed by atoms with van der Waals surface area (Å²) in [4.78, 5) is 13.5. The summed E-state index contributed by atoms with van der Waals surface area (Å²) in [5.74, 6) is 1.18. The van der Waals surface area contributed by atoms with E-state index in [1.165, 1.54) is 11.5 Å². The minimum Gasteiger partial charge on any atom is -0.493 e. The number of ether oxygens (including phenoxy) is 2. The summed E-state index contributed by atoms with van der Waals surface area (Å²) in [7, 11) is 3.23. The van der Waals surface area contributed by atoms with Crippen molar-refractivity contribution in [3.63, 3.8) is 0 Å². The first-order valence-electron chi connectivity index (χ1n) is 8.28. The predicted molar refractivity (Wildman–Crippen MR) is 102 cm³/mol. The zero-order valence-electron chi connectivity index (χ0n) is 14.5. The summed E-state index contributed by atoms with van der Waals surface area (Å²) in [6.07, 6.45) is 0.354. The number of rotatable bonds is 4. The second-order valence-electron chi connectivity index (χ2n) is 6.02. The number of nitrogens with one attached hydrogen (secondary N) is 1. The van der Waals surface area contributed by atoms with Gasteiger partial charge in [0.25, 0.3) is 0 Å². The fraction of sp³-hybridized carbons (Fsp3) is 0.200. The Morgan fingerprint density at radius 1 is 1.08 bits per heavy atom. The standard InChI is InChI=1S/C20H18N2O3S/c1-24-15-10-6-9-13(19(15)25-2)14-11-16(23)21-18-17(22-26-20(14)18)12-7-4-3-5-8-12/h3-10,14H,11H2,1-2H3,(H,21,23)/t14-/m0/s1. The topological polar surface area (TPSA) is 60.5 Å². The highest BCUT2D eigenvalue weighted by molar-refractivity contribution is 7.07. The van der Waals surface area contributed by atoms with Crippen molar-refractivity contribution < 1.29 is 14.3 Å². The van der Waals surface area contributed by atoms with Gasteiger partial charge in [0.05, 0.1) is 24.8 Å². The molecule has 3 aromatic rings. The lowest BCUT2D eigenvalue weighted by Crippen LogP contribution is -2.22. The zero-order chi connectivity index (χ0) is 18.1. The highest BCUT2D eigenvalue weighted by atomic mass is 32.1. The van der Waals surface area contributed by atoms with Crippen molar-refractivity contribution in [1.82, 2.24) is 4.37 Å². The number of methoxy groups -OCH3 is 2. The molecule has 0 fully saturated rings. The molecule has 0 spiro atoms. The number of fused-ring (bicyclic) bond motifs is 1. The predicted octanol–water partition coefficient (Wildman–Crippen LogP) is 4.30. The molecule has 0 saturated heterocycles. The molecule has 132 valence electrons. The fourth-order valence-corrected chi connectivity index (χ4v) is 4.32. The van der Waals surface area contributed by atoms with Crippen LogP contribution in [0.2, 0.25) is 0 Å². The van der Waals surface area contributed by atoms with Gasteiger partial charge in [-0.25, -0.2) is 0 Å². The van der Waals surface area contributed by atoms with Gasteiger partial charge in [-0.15, -0.1) is 0 Å². The van der Waals surface area contributed by atoms with Gasteiger partial charge in [0, 0.05) is 23.5 Å². The summed E-state index contributed by atoms with van der Waals surface area (Å²) in [5.41, 5.74) is 3.53. The quantitative estimate of drug-likeness (QED) is 0.748. The number of amides is 1. The van der Waals surface area contributed by atoms with Gasteiger partial charge in [-0.2, -0.15) is 4.37 Å². The Kier molecular flexibility index (Phi) is 4.34. The molecule has 26 heavy (non-hydrogen) atoms. The van der Waals surface area contributed by atoms with Crippen LogP contribution in [0.15, 0.2) is 48.5 Å². The summed E-state index contributed by atoms with van der Waals surface area (Å²) in [6, 6.07) is 15.6. The molecule has 4 rings (SSSR count). The Morgan fingerprint density at radius 3 is 2.62 bits per heavy atom. The number of nitrogens with zero attached hydrogens (tertiary/aromatic N) is 1. The fourth-order valence-electron chi connectivity index (χ4n) is 3.36. The number of carbonyl (C=O) groups excluding carboxylic acids is 1. The molecule has 0 unspecified atom stereocenters. The highest BCUT2D eigenvalue weighted by Crippen LogP contribution is 2.48. The lowest BCUT2D eigenvalue weighted by Gasteiger charge is -2.25. The minimum absolute atomic E-state index is 0.0234. The summed E-state index contributed by atoms with van der Waals surface area (Å²) < 4.78 is 15.6. The normalized spacial score (nSPS) is 15.9. The number of para-hydroxylation sites is 1. The van der Waals surface area contributed by atoms with Crippen molar-refractivity contribution in [3.05, 3.63) is 59.0 Å². The van der Waals surface area contributed by atoms with Crippen LogP contribution in [0, 0.1) is 0 Å². The summed E-state index contributed by atoms with van der Waals surface area (Å²) >= 11 is 1.42. The van der Waals surface area contributed by atoms with Crippen molar-refractivity contribution in [3.8, 4) is 22.8 Å². The number of carbonyl (C=O) groups is 1. The Morgan fingerprint density at radius 2 is 1.88 bits per heavy atom. The minimum atomic E-state index is -0.112. The van der Waals surface area contributed by atoms with Crippen LogP contribution >= 0.6 is 11.5 Å². The SMILES string of the molecule is COc1cccc([C@@H]2CC(=O)Nc3c(-c4ccccc4)nsc32)c1OC. The Hall–Kier alpha value is -2.86. The molecule has 5 nitrogen and oxygen atoms in total. The molecule has 1 amide bonds. The van der Waals surface area contributed by atoms with Crippen LogP contribution in [0.5, 0.6) is 11.5 Å². The average molecular weight is 366 g/mol. The van der Waals surface area contributed by atoms with Gasteiger partial charge in [0.15, 0.2) is 11.5 Å².